The van der Waals surface area contributed by atoms with E-state index < -0.39 is 0 Å². The van der Waals surface area contributed by atoms with Crippen LogP contribution in [-0.2, 0) is 0 Å². The topological polar surface area (TPSA) is 20.2 Å². The van der Waals surface area contributed by atoms with Crippen LogP contribution in [0.2, 0.25) is 0 Å². The summed E-state index contributed by atoms with van der Waals surface area (Å²) >= 11 is 0. The second-order valence-electron chi connectivity index (χ2n) is 3.36. The van der Waals surface area contributed by atoms with Crippen molar-refractivity contribution in [1.82, 2.24) is 0 Å². The van der Waals surface area contributed by atoms with Crippen LogP contribution in [0.1, 0.15) is 19.3 Å². The zero-order valence-electron chi connectivity index (χ0n) is 5.51. The molecule has 0 heterocycles. The average Bonchev–Trinajstić information content (AvgIpc) is 1.72. The Morgan fingerprint density at radius 2 is 2.00 bits per heavy atom. The van der Waals surface area contributed by atoms with Crippen LogP contribution in [-0.4, -0.2) is 11.2 Å². The van der Waals surface area contributed by atoms with Crippen molar-refractivity contribution in [2.75, 3.05) is 0 Å². The van der Waals surface area contributed by atoms with Gasteiger partial charge in [-0.15, -0.1) is 0 Å². The van der Waals surface area contributed by atoms with Crippen LogP contribution < -0.4 is 0 Å². The third kappa shape index (κ3) is 0.645. The van der Waals surface area contributed by atoms with E-state index in [1.54, 1.807) is 0 Å². The van der Waals surface area contributed by atoms with Gasteiger partial charge >= 0.3 is 0 Å². The third-order valence-corrected chi connectivity index (χ3v) is 2.74. The van der Waals surface area contributed by atoms with Crippen molar-refractivity contribution in [3.8, 4) is 0 Å². The fourth-order valence-electron chi connectivity index (χ4n) is 1.97. The molecule has 2 bridgehead atoms. The summed E-state index contributed by atoms with van der Waals surface area (Å²) < 4.78 is 0. The molecular weight excluding hydrogens is 112 g/mol. The summed E-state index contributed by atoms with van der Waals surface area (Å²) in [4.78, 5) is 0. The van der Waals surface area contributed by atoms with Gasteiger partial charge in [-0.25, -0.2) is 0 Å². The highest BCUT2D eigenvalue weighted by Crippen LogP contribution is 2.47. The van der Waals surface area contributed by atoms with Crippen LogP contribution in [0.3, 0.4) is 0 Å². The van der Waals surface area contributed by atoms with E-state index >= 15 is 0 Å². The molecule has 0 aromatic carbocycles. The second-order valence-corrected chi connectivity index (χ2v) is 3.36. The minimum atomic E-state index is -0.164. The molecule has 0 aromatic heterocycles. The summed E-state index contributed by atoms with van der Waals surface area (Å²) in [5.41, 5.74) is 1.09. The van der Waals surface area contributed by atoms with Gasteiger partial charge in [0.25, 0.3) is 0 Å². The van der Waals surface area contributed by atoms with Gasteiger partial charge < -0.3 is 5.11 Å². The first-order valence-corrected chi connectivity index (χ1v) is 3.64. The van der Waals surface area contributed by atoms with E-state index in [1.165, 1.54) is 12.8 Å². The lowest BCUT2D eigenvalue weighted by Crippen LogP contribution is -2.38. The molecule has 0 radical (unpaired) electrons. The number of hydrogen-bond donors (Lipinski definition) is 1. The van der Waals surface area contributed by atoms with Gasteiger partial charge in [-0.05, 0) is 36.7 Å². The third-order valence-electron chi connectivity index (χ3n) is 2.74. The Labute approximate surface area is 55.4 Å². The maximum Gasteiger partial charge on any atom is 0.0752 e. The SMILES string of the molecule is C=C1C(O)CC2CC1C2. The lowest BCUT2D eigenvalue weighted by atomic mass is 9.62. The molecule has 0 aliphatic heterocycles. The summed E-state index contributed by atoms with van der Waals surface area (Å²) in [6.45, 7) is 3.86. The molecule has 1 nitrogen and oxygen atoms in total. The quantitative estimate of drug-likeness (QED) is 0.483. The van der Waals surface area contributed by atoms with E-state index in [0.717, 1.165) is 17.9 Å². The average molecular weight is 124 g/mol. The molecule has 1 heteroatoms. The molecule has 1 unspecified atom stereocenters. The van der Waals surface area contributed by atoms with Crippen molar-refractivity contribution in [3.63, 3.8) is 0 Å². The molecule has 3 rings (SSSR count). The highest BCUT2D eigenvalue weighted by atomic mass is 16.3. The summed E-state index contributed by atoms with van der Waals surface area (Å²) in [7, 11) is 0. The molecular formula is C8H12O. The molecule has 0 saturated heterocycles. The maximum absolute atomic E-state index is 9.28. The molecule has 3 aliphatic rings. The Hall–Kier alpha value is -0.300. The van der Waals surface area contributed by atoms with E-state index in [1.807, 2.05) is 0 Å². The first-order chi connectivity index (χ1) is 4.27. The Morgan fingerprint density at radius 1 is 1.33 bits per heavy atom. The van der Waals surface area contributed by atoms with Gasteiger partial charge in [0.1, 0.15) is 0 Å². The van der Waals surface area contributed by atoms with E-state index in [-0.39, 0.29) is 6.10 Å². The van der Waals surface area contributed by atoms with Crippen molar-refractivity contribution in [1.29, 1.82) is 0 Å². The standard InChI is InChI=1S/C8H12O/c1-5-7-2-6(3-7)4-8(5)9/h6-9H,1-4H2. The predicted octanol–water partition coefficient (Wildman–Crippen LogP) is 1.33. The van der Waals surface area contributed by atoms with Gasteiger partial charge in [0, 0.05) is 0 Å². The second kappa shape index (κ2) is 1.60. The van der Waals surface area contributed by atoms with Crippen LogP contribution in [0, 0.1) is 11.8 Å². The summed E-state index contributed by atoms with van der Waals surface area (Å²) in [5, 5.41) is 9.28. The molecule has 0 aromatic rings. The van der Waals surface area contributed by atoms with Gasteiger partial charge in [-0.2, -0.15) is 0 Å². The summed E-state index contributed by atoms with van der Waals surface area (Å²) in [6, 6.07) is 0. The minimum absolute atomic E-state index is 0.164. The van der Waals surface area contributed by atoms with Crippen molar-refractivity contribution in [2.45, 2.75) is 25.4 Å². The van der Waals surface area contributed by atoms with Crippen LogP contribution in [0.25, 0.3) is 0 Å². The Morgan fingerprint density at radius 3 is 2.33 bits per heavy atom. The zero-order chi connectivity index (χ0) is 6.43. The predicted molar refractivity (Wildman–Crippen MR) is 36.0 cm³/mol. The largest absolute Gasteiger partial charge is 0.389 e. The van der Waals surface area contributed by atoms with Crippen LogP contribution >= 0.6 is 0 Å². The minimum Gasteiger partial charge on any atom is -0.389 e. The fourth-order valence-corrected chi connectivity index (χ4v) is 1.97. The first kappa shape index (κ1) is 5.48. The van der Waals surface area contributed by atoms with Crippen LogP contribution in [0.5, 0.6) is 0 Å². The zero-order valence-corrected chi connectivity index (χ0v) is 5.51. The van der Waals surface area contributed by atoms with Gasteiger partial charge in [0.05, 0.1) is 6.10 Å². The van der Waals surface area contributed by atoms with Crippen molar-refractivity contribution >= 4 is 0 Å². The van der Waals surface area contributed by atoms with Gasteiger partial charge in [-0.1, -0.05) is 6.58 Å². The Bertz CT molecular complexity index is 141. The van der Waals surface area contributed by atoms with Crippen molar-refractivity contribution < 1.29 is 5.11 Å². The van der Waals surface area contributed by atoms with E-state index in [0.29, 0.717) is 5.92 Å². The highest BCUT2D eigenvalue weighted by Gasteiger charge is 2.39. The lowest BCUT2D eigenvalue weighted by molar-refractivity contribution is 0.0572. The normalized spacial score (nSPS) is 48.6. The number of aliphatic hydroxyl groups is 1. The number of rotatable bonds is 0. The highest BCUT2D eigenvalue weighted by molar-refractivity contribution is 5.16. The van der Waals surface area contributed by atoms with Crippen LogP contribution in [0.4, 0.5) is 0 Å². The smallest absolute Gasteiger partial charge is 0.0752 e. The summed E-state index contributed by atoms with van der Waals surface area (Å²) in [5.74, 6) is 1.51. The molecule has 1 atom stereocenters. The Kier molecular flexibility index (Phi) is 0.974. The lowest BCUT2D eigenvalue weighted by Gasteiger charge is -2.45. The van der Waals surface area contributed by atoms with Crippen molar-refractivity contribution in [3.05, 3.63) is 12.2 Å². The number of fused-ring (bicyclic) bond motifs is 2. The maximum atomic E-state index is 9.28. The molecule has 3 saturated carbocycles. The molecule has 0 spiro atoms. The molecule has 50 valence electrons. The van der Waals surface area contributed by atoms with Gasteiger partial charge in [-0.3, -0.25) is 0 Å². The Balaban J connectivity index is 2.13. The molecule has 9 heavy (non-hydrogen) atoms. The fraction of sp³-hybridized carbons (Fsp3) is 0.750. The van der Waals surface area contributed by atoms with E-state index in [9.17, 15) is 5.11 Å². The number of aliphatic hydroxyl groups excluding tert-OH is 1. The number of hydrogen-bond acceptors (Lipinski definition) is 1. The summed E-state index contributed by atoms with van der Waals surface area (Å²) in [6.07, 6.45) is 3.42. The van der Waals surface area contributed by atoms with E-state index in [4.69, 9.17) is 0 Å². The van der Waals surface area contributed by atoms with Crippen molar-refractivity contribution in [2.24, 2.45) is 11.8 Å². The molecule has 0 amide bonds. The van der Waals surface area contributed by atoms with Gasteiger partial charge in [0.15, 0.2) is 0 Å². The van der Waals surface area contributed by atoms with E-state index in [2.05, 4.69) is 6.58 Å². The van der Waals surface area contributed by atoms with Gasteiger partial charge in [0.2, 0.25) is 0 Å². The monoisotopic (exact) mass is 124 g/mol. The molecule has 1 N–H and O–H groups in total. The van der Waals surface area contributed by atoms with Crippen LogP contribution in [0.15, 0.2) is 12.2 Å². The first-order valence-electron chi connectivity index (χ1n) is 3.64. The molecule has 3 aliphatic carbocycles. The molecule has 3 fully saturated rings.